The lowest BCUT2D eigenvalue weighted by molar-refractivity contribution is 0.0983. The van der Waals surface area contributed by atoms with Crippen LogP contribution >= 0.6 is 15.9 Å². The van der Waals surface area contributed by atoms with Crippen molar-refractivity contribution in [3.05, 3.63) is 34.3 Å². The first kappa shape index (κ1) is 13.4. The van der Waals surface area contributed by atoms with Crippen LogP contribution in [-0.2, 0) is 11.3 Å². The van der Waals surface area contributed by atoms with Gasteiger partial charge in [-0.15, -0.1) is 0 Å². The Morgan fingerprint density at radius 2 is 2.17 bits per heavy atom. The molecule has 1 aromatic rings. The van der Waals surface area contributed by atoms with Gasteiger partial charge >= 0.3 is 6.09 Å². The van der Waals surface area contributed by atoms with Crippen LogP contribution in [0.25, 0.3) is 0 Å². The number of hydrogen-bond donors (Lipinski definition) is 1. The largest absolute Gasteiger partial charge is 0.444 e. The topological polar surface area (TPSA) is 41.6 Å². The summed E-state index contributed by atoms with van der Waals surface area (Å²) in [4.78, 5) is 13.7. The third kappa shape index (κ3) is 3.71. The van der Waals surface area contributed by atoms with Crippen molar-refractivity contribution in [2.45, 2.75) is 13.0 Å². The maximum atomic E-state index is 11.9. The average Bonchev–Trinajstić information content (AvgIpc) is 2.66. The highest BCUT2D eigenvalue weighted by atomic mass is 79.9. The highest BCUT2D eigenvalue weighted by Gasteiger charge is 2.16. The van der Waals surface area contributed by atoms with Gasteiger partial charge in [0.1, 0.15) is 6.61 Å². The Morgan fingerprint density at radius 3 is 3.00 bits per heavy atom. The molecule has 1 fully saturated rings. The van der Waals surface area contributed by atoms with Crippen LogP contribution in [0.15, 0.2) is 28.7 Å². The summed E-state index contributed by atoms with van der Waals surface area (Å²) < 4.78 is 6.30. The lowest BCUT2D eigenvalue weighted by atomic mass is 10.2. The molecule has 0 spiro atoms. The van der Waals surface area contributed by atoms with Crippen LogP contribution < -0.4 is 5.32 Å². The van der Waals surface area contributed by atoms with Crippen LogP contribution in [-0.4, -0.2) is 37.2 Å². The molecule has 0 saturated carbocycles. The molecule has 1 aliphatic heterocycles. The first-order valence-electron chi connectivity index (χ1n) is 6.13. The molecule has 1 heterocycles. The van der Waals surface area contributed by atoms with Crippen LogP contribution in [0.3, 0.4) is 0 Å². The highest BCUT2D eigenvalue weighted by Crippen LogP contribution is 2.17. The third-order valence-electron chi connectivity index (χ3n) is 2.91. The molecule has 2 rings (SSSR count). The van der Waals surface area contributed by atoms with Gasteiger partial charge in [-0.3, -0.25) is 0 Å². The third-order valence-corrected chi connectivity index (χ3v) is 3.68. The monoisotopic (exact) mass is 312 g/mol. The molecule has 4 nitrogen and oxygen atoms in total. The summed E-state index contributed by atoms with van der Waals surface area (Å²) in [5.41, 5.74) is 0.985. The molecular weight excluding hydrogens is 296 g/mol. The van der Waals surface area contributed by atoms with Crippen LogP contribution in [0, 0.1) is 0 Å². The number of carbonyl (C=O) groups excluding carboxylic acids is 1. The van der Waals surface area contributed by atoms with Gasteiger partial charge in [0.05, 0.1) is 0 Å². The Morgan fingerprint density at radius 1 is 1.33 bits per heavy atom. The molecule has 5 heteroatoms. The van der Waals surface area contributed by atoms with E-state index >= 15 is 0 Å². The smallest absolute Gasteiger partial charge is 0.410 e. The van der Waals surface area contributed by atoms with Gasteiger partial charge in [0.2, 0.25) is 0 Å². The van der Waals surface area contributed by atoms with Gasteiger partial charge in [-0.25, -0.2) is 4.79 Å². The van der Waals surface area contributed by atoms with Gasteiger partial charge in [-0.05, 0) is 19.0 Å². The van der Waals surface area contributed by atoms with Gasteiger partial charge in [-0.1, -0.05) is 34.1 Å². The minimum absolute atomic E-state index is 0.227. The second kappa shape index (κ2) is 6.75. The molecule has 1 N–H and O–H groups in total. The van der Waals surface area contributed by atoms with E-state index in [2.05, 4.69) is 21.2 Å². The zero-order chi connectivity index (χ0) is 12.8. The lowest BCUT2D eigenvalue weighted by Crippen LogP contribution is -2.34. The highest BCUT2D eigenvalue weighted by molar-refractivity contribution is 9.10. The van der Waals surface area contributed by atoms with E-state index < -0.39 is 0 Å². The molecule has 1 aliphatic rings. The first-order valence-corrected chi connectivity index (χ1v) is 6.92. The molecule has 1 saturated heterocycles. The van der Waals surface area contributed by atoms with E-state index in [-0.39, 0.29) is 6.09 Å². The summed E-state index contributed by atoms with van der Waals surface area (Å²) in [7, 11) is 0. The average molecular weight is 313 g/mol. The second-order valence-electron chi connectivity index (χ2n) is 4.24. The van der Waals surface area contributed by atoms with E-state index in [4.69, 9.17) is 4.74 Å². The number of benzene rings is 1. The van der Waals surface area contributed by atoms with Gasteiger partial charge in [0.25, 0.3) is 0 Å². The fourth-order valence-corrected chi connectivity index (χ4v) is 2.27. The molecular formula is C13H17BrN2O2. The van der Waals surface area contributed by atoms with Gasteiger partial charge in [0, 0.05) is 29.7 Å². The summed E-state index contributed by atoms with van der Waals surface area (Å²) in [6, 6.07) is 7.76. The predicted molar refractivity (Wildman–Crippen MR) is 73.4 cm³/mol. The summed E-state index contributed by atoms with van der Waals surface area (Å²) in [5, 5.41) is 3.26. The predicted octanol–water partition coefficient (Wildman–Crippen LogP) is 2.38. The molecule has 18 heavy (non-hydrogen) atoms. The van der Waals surface area contributed by atoms with Gasteiger partial charge < -0.3 is 15.0 Å². The molecule has 0 aliphatic carbocycles. The molecule has 0 aromatic heterocycles. The van der Waals surface area contributed by atoms with Gasteiger partial charge in [0.15, 0.2) is 0 Å². The van der Waals surface area contributed by atoms with Crippen molar-refractivity contribution in [2.24, 2.45) is 0 Å². The standard InChI is InChI=1S/C13H17BrN2O2/c14-12-5-2-1-4-11(12)10-18-13(17)16-8-3-6-15-7-9-16/h1-2,4-5,15H,3,6-10H2. The van der Waals surface area contributed by atoms with E-state index in [1.807, 2.05) is 24.3 Å². The Hall–Kier alpha value is -1.07. The number of carbonyl (C=O) groups is 1. The summed E-state index contributed by atoms with van der Waals surface area (Å²) in [6.07, 6.45) is 0.749. The van der Waals surface area contributed by atoms with E-state index in [9.17, 15) is 4.79 Å². The number of rotatable bonds is 2. The van der Waals surface area contributed by atoms with Crippen molar-refractivity contribution < 1.29 is 9.53 Å². The maximum absolute atomic E-state index is 11.9. The Bertz CT molecular complexity index is 404. The van der Waals surface area contributed by atoms with Gasteiger partial charge in [-0.2, -0.15) is 0 Å². The van der Waals surface area contributed by atoms with E-state index in [1.54, 1.807) is 4.90 Å². The Labute approximate surface area is 115 Å². The number of halogens is 1. The Balaban J connectivity index is 1.86. The van der Waals surface area contributed by atoms with E-state index in [1.165, 1.54) is 0 Å². The maximum Gasteiger partial charge on any atom is 0.410 e. The number of ether oxygens (including phenoxy) is 1. The molecule has 0 atom stereocenters. The van der Waals surface area contributed by atoms with Crippen molar-refractivity contribution in [1.82, 2.24) is 10.2 Å². The summed E-state index contributed by atoms with van der Waals surface area (Å²) in [5.74, 6) is 0. The molecule has 0 radical (unpaired) electrons. The quantitative estimate of drug-likeness (QED) is 0.911. The minimum Gasteiger partial charge on any atom is -0.444 e. The number of nitrogens with zero attached hydrogens (tertiary/aromatic N) is 1. The van der Waals surface area contributed by atoms with Crippen molar-refractivity contribution in [2.75, 3.05) is 26.2 Å². The van der Waals surface area contributed by atoms with Crippen molar-refractivity contribution in [3.63, 3.8) is 0 Å². The van der Waals surface area contributed by atoms with Crippen LogP contribution in [0.4, 0.5) is 4.79 Å². The van der Waals surface area contributed by atoms with E-state index in [0.29, 0.717) is 6.61 Å². The second-order valence-corrected chi connectivity index (χ2v) is 5.09. The number of amides is 1. The fourth-order valence-electron chi connectivity index (χ4n) is 1.87. The Kier molecular flexibility index (Phi) is 5.01. The zero-order valence-corrected chi connectivity index (χ0v) is 11.8. The molecule has 1 amide bonds. The van der Waals surface area contributed by atoms with Crippen LogP contribution in [0.2, 0.25) is 0 Å². The van der Waals surface area contributed by atoms with Crippen LogP contribution in [0.5, 0.6) is 0 Å². The van der Waals surface area contributed by atoms with Crippen molar-refractivity contribution in [1.29, 1.82) is 0 Å². The van der Waals surface area contributed by atoms with Crippen LogP contribution in [0.1, 0.15) is 12.0 Å². The molecule has 0 unspecified atom stereocenters. The fraction of sp³-hybridized carbons (Fsp3) is 0.462. The lowest BCUT2D eigenvalue weighted by Gasteiger charge is -2.19. The van der Waals surface area contributed by atoms with Crippen molar-refractivity contribution >= 4 is 22.0 Å². The SMILES string of the molecule is O=C(OCc1ccccc1Br)N1CCCNCC1. The van der Waals surface area contributed by atoms with Crippen molar-refractivity contribution in [3.8, 4) is 0 Å². The summed E-state index contributed by atoms with van der Waals surface area (Å²) >= 11 is 3.44. The minimum atomic E-state index is -0.227. The van der Waals surface area contributed by atoms with E-state index in [0.717, 1.165) is 42.6 Å². The molecule has 1 aromatic carbocycles. The number of hydrogen-bond acceptors (Lipinski definition) is 3. The first-order chi connectivity index (χ1) is 8.77. The number of nitrogens with one attached hydrogen (secondary N) is 1. The summed E-state index contributed by atoms with van der Waals surface area (Å²) in [6.45, 7) is 3.60. The molecule has 98 valence electrons. The zero-order valence-electron chi connectivity index (χ0n) is 10.2. The normalized spacial score (nSPS) is 16.2. The molecule has 0 bridgehead atoms.